The van der Waals surface area contributed by atoms with Gasteiger partial charge in [0.15, 0.2) is 17.3 Å². The van der Waals surface area contributed by atoms with Crippen LogP contribution in [0.1, 0.15) is 18.4 Å². The number of rotatable bonds is 2. The van der Waals surface area contributed by atoms with Gasteiger partial charge in [0.25, 0.3) is 0 Å². The minimum absolute atomic E-state index is 0.167. The van der Waals surface area contributed by atoms with Gasteiger partial charge in [-0.15, -0.1) is 0 Å². The van der Waals surface area contributed by atoms with Gasteiger partial charge in [-0.3, -0.25) is 4.79 Å². The molecule has 1 unspecified atom stereocenters. The number of ketones is 1. The zero-order valence-electron chi connectivity index (χ0n) is 8.90. The summed E-state index contributed by atoms with van der Waals surface area (Å²) in [6, 6.07) is 7.14. The number of Topliss-reactive ketones (excluding diaryl/α,β-unsaturated/α-hetero) is 1. The van der Waals surface area contributed by atoms with Crippen molar-refractivity contribution in [3.63, 3.8) is 0 Å². The first-order valence-corrected chi connectivity index (χ1v) is 5.02. The summed E-state index contributed by atoms with van der Waals surface area (Å²) < 4.78 is 10.8. The first kappa shape index (κ1) is 10.5. The molecule has 0 saturated heterocycles. The molecule has 16 heavy (non-hydrogen) atoms. The maximum Gasteiger partial charge on any atom is 0.161 e. The standard InChI is InChI=1S/C12H11NO3/c1-8(14)10(7-13)9-2-3-11-12(6-9)16-5-4-15-11/h2-3,6,10H,4-5H2,1H3. The van der Waals surface area contributed by atoms with Crippen molar-refractivity contribution in [2.24, 2.45) is 0 Å². The zero-order valence-corrected chi connectivity index (χ0v) is 8.90. The Kier molecular flexibility index (Phi) is 2.78. The number of hydrogen-bond acceptors (Lipinski definition) is 4. The summed E-state index contributed by atoms with van der Waals surface area (Å²) in [5.41, 5.74) is 0.652. The molecule has 0 amide bonds. The summed E-state index contributed by atoms with van der Waals surface area (Å²) in [5, 5.41) is 8.91. The second-order valence-electron chi connectivity index (χ2n) is 3.58. The third-order valence-corrected chi connectivity index (χ3v) is 2.44. The molecule has 4 nitrogen and oxygen atoms in total. The second kappa shape index (κ2) is 4.23. The molecular weight excluding hydrogens is 206 g/mol. The van der Waals surface area contributed by atoms with Gasteiger partial charge in [-0.2, -0.15) is 5.26 Å². The van der Waals surface area contributed by atoms with Gasteiger partial charge in [-0.1, -0.05) is 6.07 Å². The van der Waals surface area contributed by atoms with Crippen molar-refractivity contribution in [3.05, 3.63) is 23.8 Å². The van der Waals surface area contributed by atoms with Crippen LogP contribution in [0, 0.1) is 11.3 Å². The third kappa shape index (κ3) is 1.84. The van der Waals surface area contributed by atoms with Crippen molar-refractivity contribution >= 4 is 5.78 Å². The Balaban J connectivity index is 2.36. The largest absolute Gasteiger partial charge is 0.486 e. The predicted molar refractivity (Wildman–Crippen MR) is 56.5 cm³/mol. The Bertz CT molecular complexity index is 462. The fourth-order valence-corrected chi connectivity index (χ4v) is 1.64. The average molecular weight is 217 g/mol. The van der Waals surface area contributed by atoms with E-state index in [1.165, 1.54) is 6.92 Å². The van der Waals surface area contributed by atoms with Crippen molar-refractivity contribution in [2.75, 3.05) is 13.2 Å². The smallest absolute Gasteiger partial charge is 0.161 e. The fourth-order valence-electron chi connectivity index (χ4n) is 1.64. The Hall–Kier alpha value is -2.02. The number of nitrogens with zero attached hydrogens (tertiary/aromatic N) is 1. The van der Waals surface area contributed by atoms with E-state index in [1.807, 2.05) is 6.07 Å². The molecule has 1 aromatic carbocycles. The molecule has 0 bridgehead atoms. The molecule has 1 heterocycles. The van der Waals surface area contributed by atoms with E-state index in [0.29, 0.717) is 30.3 Å². The summed E-state index contributed by atoms with van der Waals surface area (Å²) in [4.78, 5) is 11.2. The quantitative estimate of drug-likeness (QED) is 0.755. The number of hydrogen-bond donors (Lipinski definition) is 0. The van der Waals surface area contributed by atoms with Crippen molar-refractivity contribution < 1.29 is 14.3 Å². The van der Waals surface area contributed by atoms with Gasteiger partial charge in [0.05, 0.1) is 6.07 Å². The molecule has 0 fully saturated rings. The van der Waals surface area contributed by atoms with Crippen molar-refractivity contribution in [1.82, 2.24) is 0 Å². The van der Waals surface area contributed by atoms with Crippen LogP contribution in [0.15, 0.2) is 18.2 Å². The number of carbonyl (C=O) groups excluding carboxylic acids is 1. The van der Waals surface area contributed by atoms with Crippen LogP contribution in [-0.4, -0.2) is 19.0 Å². The van der Waals surface area contributed by atoms with E-state index in [9.17, 15) is 4.79 Å². The molecule has 0 saturated carbocycles. The monoisotopic (exact) mass is 217 g/mol. The van der Waals surface area contributed by atoms with Crippen LogP contribution in [-0.2, 0) is 4.79 Å². The summed E-state index contributed by atoms with van der Waals surface area (Å²) in [6.07, 6.45) is 0. The van der Waals surface area contributed by atoms with Gasteiger partial charge < -0.3 is 9.47 Å². The Labute approximate surface area is 93.4 Å². The van der Waals surface area contributed by atoms with Crippen molar-refractivity contribution in [1.29, 1.82) is 5.26 Å². The number of benzene rings is 1. The van der Waals surface area contributed by atoms with Gasteiger partial charge in [0.1, 0.15) is 19.1 Å². The topological polar surface area (TPSA) is 59.3 Å². The molecule has 0 aromatic heterocycles. The van der Waals surface area contributed by atoms with E-state index in [2.05, 4.69) is 0 Å². The second-order valence-corrected chi connectivity index (χ2v) is 3.58. The van der Waals surface area contributed by atoms with E-state index in [0.717, 1.165) is 0 Å². The zero-order chi connectivity index (χ0) is 11.5. The molecule has 1 aromatic rings. The predicted octanol–water partition coefficient (Wildman–Crippen LogP) is 1.65. The van der Waals surface area contributed by atoms with Crippen LogP contribution in [0.3, 0.4) is 0 Å². The molecule has 1 aliphatic rings. The van der Waals surface area contributed by atoms with Crippen LogP contribution in [0.4, 0.5) is 0 Å². The van der Waals surface area contributed by atoms with Gasteiger partial charge in [-0.25, -0.2) is 0 Å². The Morgan fingerprint density at radius 3 is 2.69 bits per heavy atom. The molecule has 2 rings (SSSR count). The minimum Gasteiger partial charge on any atom is -0.486 e. The highest BCUT2D eigenvalue weighted by molar-refractivity contribution is 5.86. The Morgan fingerprint density at radius 2 is 2.06 bits per heavy atom. The molecular formula is C12H11NO3. The lowest BCUT2D eigenvalue weighted by molar-refractivity contribution is -0.117. The number of nitriles is 1. The first-order chi connectivity index (χ1) is 7.72. The summed E-state index contributed by atoms with van der Waals surface area (Å²) in [7, 11) is 0. The van der Waals surface area contributed by atoms with E-state index >= 15 is 0 Å². The van der Waals surface area contributed by atoms with E-state index < -0.39 is 5.92 Å². The van der Waals surface area contributed by atoms with Crippen LogP contribution >= 0.6 is 0 Å². The lowest BCUT2D eigenvalue weighted by Gasteiger charge is -2.19. The van der Waals surface area contributed by atoms with E-state index in [4.69, 9.17) is 14.7 Å². The van der Waals surface area contributed by atoms with Crippen molar-refractivity contribution in [2.45, 2.75) is 12.8 Å². The number of fused-ring (bicyclic) bond motifs is 1. The lowest BCUT2D eigenvalue weighted by atomic mass is 9.96. The Morgan fingerprint density at radius 1 is 1.38 bits per heavy atom. The molecule has 0 aliphatic carbocycles. The highest BCUT2D eigenvalue weighted by Crippen LogP contribution is 2.33. The van der Waals surface area contributed by atoms with Gasteiger partial charge >= 0.3 is 0 Å². The maximum absolute atomic E-state index is 11.2. The average Bonchev–Trinajstić information content (AvgIpc) is 2.29. The van der Waals surface area contributed by atoms with E-state index in [-0.39, 0.29) is 5.78 Å². The highest BCUT2D eigenvalue weighted by Gasteiger charge is 2.19. The molecule has 4 heteroatoms. The van der Waals surface area contributed by atoms with Crippen LogP contribution in [0.2, 0.25) is 0 Å². The SMILES string of the molecule is CC(=O)C(C#N)c1ccc2c(c1)OCCO2. The van der Waals surface area contributed by atoms with Crippen LogP contribution in [0.25, 0.3) is 0 Å². The fraction of sp³-hybridized carbons (Fsp3) is 0.333. The van der Waals surface area contributed by atoms with Gasteiger partial charge in [-0.05, 0) is 24.6 Å². The van der Waals surface area contributed by atoms with Crippen LogP contribution in [0.5, 0.6) is 11.5 Å². The van der Waals surface area contributed by atoms with E-state index in [1.54, 1.807) is 18.2 Å². The molecule has 0 N–H and O–H groups in total. The summed E-state index contributed by atoms with van der Waals surface area (Å²) >= 11 is 0. The minimum atomic E-state index is -0.726. The molecule has 0 radical (unpaired) electrons. The normalized spacial score (nSPS) is 15.0. The first-order valence-electron chi connectivity index (χ1n) is 5.02. The number of ether oxygens (including phenoxy) is 2. The molecule has 0 spiro atoms. The van der Waals surface area contributed by atoms with Gasteiger partial charge in [0, 0.05) is 0 Å². The van der Waals surface area contributed by atoms with Crippen LogP contribution < -0.4 is 9.47 Å². The molecule has 82 valence electrons. The maximum atomic E-state index is 11.2. The summed E-state index contributed by atoms with van der Waals surface area (Å²) in [5.74, 6) is 0.371. The number of carbonyl (C=O) groups is 1. The molecule has 1 atom stereocenters. The lowest BCUT2D eigenvalue weighted by Crippen LogP contribution is -2.16. The third-order valence-electron chi connectivity index (χ3n) is 2.44. The van der Waals surface area contributed by atoms with Gasteiger partial charge in [0.2, 0.25) is 0 Å². The summed E-state index contributed by atoms with van der Waals surface area (Å²) in [6.45, 7) is 2.43. The highest BCUT2D eigenvalue weighted by atomic mass is 16.6. The molecule has 1 aliphatic heterocycles. The van der Waals surface area contributed by atoms with Crippen molar-refractivity contribution in [3.8, 4) is 17.6 Å².